The number of amides is 1. The van der Waals surface area contributed by atoms with E-state index in [4.69, 9.17) is 0 Å². The van der Waals surface area contributed by atoms with Gasteiger partial charge in [-0.1, -0.05) is 42.5 Å². The summed E-state index contributed by atoms with van der Waals surface area (Å²) in [5, 5.41) is 6.47. The van der Waals surface area contributed by atoms with Crippen LogP contribution in [0.15, 0.2) is 48.5 Å². The third-order valence-corrected chi connectivity index (χ3v) is 5.36. The monoisotopic (exact) mass is 408 g/mol. The van der Waals surface area contributed by atoms with Crippen molar-refractivity contribution in [3.05, 3.63) is 65.2 Å². The van der Waals surface area contributed by atoms with Crippen LogP contribution in [0.4, 0.5) is 8.78 Å². The number of carbonyl (C=O) groups excluding carboxylic acids is 1. The standard InChI is InChI=1S/C21H22F2N2O2.ClH/c22-21(23)27-19-8-4-3-7-15(19)16-11-17(16)20(26)25-12-18-14-6-2-1-5-13(14)9-10-24-18;/h1-8,16-18,21,24H,9-12H2,(H,25,26);1H. The fraction of sp³-hybridized carbons (Fsp3) is 0.381. The van der Waals surface area contributed by atoms with E-state index in [1.807, 2.05) is 12.1 Å². The molecule has 2 aliphatic rings. The number of hydrogen-bond acceptors (Lipinski definition) is 3. The van der Waals surface area contributed by atoms with Crippen LogP contribution in [0.1, 0.15) is 35.1 Å². The zero-order valence-corrected chi connectivity index (χ0v) is 16.1. The van der Waals surface area contributed by atoms with Crippen molar-refractivity contribution < 1.29 is 18.3 Å². The Morgan fingerprint density at radius 2 is 1.86 bits per heavy atom. The van der Waals surface area contributed by atoms with E-state index >= 15 is 0 Å². The summed E-state index contributed by atoms with van der Waals surface area (Å²) in [7, 11) is 0. The number of rotatable bonds is 6. The molecule has 1 fully saturated rings. The summed E-state index contributed by atoms with van der Waals surface area (Å²) in [5.41, 5.74) is 3.23. The van der Waals surface area contributed by atoms with Gasteiger partial charge in [-0.15, -0.1) is 12.4 Å². The minimum Gasteiger partial charge on any atom is -0.435 e. The summed E-state index contributed by atoms with van der Waals surface area (Å²) in [6.45, 7) is -1.45. The molecule has 4 nitrogen and oxygen atoms in total. The molecule has 1 aliphatic carbocycles. The van der Waals surface area contributed by atoms with E-state index in [0.29, 0.717) is 18.5 Å². The SMILES string of the molecule is Cl.O=C(NCC1NCCc2ccccc21)C1CC1c1ccccc1OC(F)F. The first-order chi connectivity index (χ1) is 13.1. The predicted molar refractivity (Wildman–Crippen MR) is 105 cm³/mol. The lowest BCUT2D eigenvalue weighted by atomic mass is 9.94. The summed E-state index contributed by atoms with van der Waals surface area (Å²) < 4.78 is 29.8. The van der Waals surface area contributed by atoms with Gasteiger partial charge in [-0.3, -0.25) is 4.79 Å². The molecule has 3 atom stereocenters. The number of halogens is 3. The van der Waals surface area contributed by atoms with Crippen LogP contribution in [-0.2, 0) is 11.2 Å². The largest absolute Gasteiger partial charge is 0.435 e. The van der Waals surface area contributed by atoms with E-state index in [1.54, 1.807) is 18.2 Å². The van der Waals surface area contributed by atoms with Crippen molar-refractivity contribution in [2.75, 3.05) is 13.1 Å². The zero-order valence-electron chi connectivity index (χ0n) is 15.2. The highest BCUT2D eigenvalue weighted by molar-refractivity contribution is 5.85. The van der Waals surface area contributed by atoms with E-state index in [2.05, 4.69) is 27.5 Å². The molecule has 0 spiro atoms. The van der Waals surface area contributed by atoms with Gasteiger partial charge in [-0.25, -0.2) is 0 Å². The number of alkyl halides is 2. The molecule has 2 aromatic rings. The molecule has 1 aliphatic heterocycles. The average Bonchev–Trinajstić information content (AvgIpc) is 3.47. The van der Waals surface area contributed by atoms with Crippen LogP contribution in [0.2, 0.25) is 0 Å². The normalized spacial score (nSPS) is 22.8. The quantitative estimate of drug-likeness (QED) is 0.764. The van der Waals surface area contributed by atoms with Gasteiger partial charge < -0.3 is 15.4 Å². The molecular weight excluding hydrogens is 386 g/mol. The number of carbonyl (C=O) groups is 1. The molecule has 1 saturated carbocycles. The first-order valence-corrected chi connectivity index (χ1v) is 9.26. The van der Waals surface area contributed by atoms with Gasteiger partial charge in [0.1, 0.15) is 5.75 Å². The van der Waals surface area contributed by atoms with Crippen molar-refractivity contribution >= 4 is 18.3 Å². The number of benzene rings is 2. The van der Waals surface area contributed by atoms with Crippen LogP contribution < -0.4 is 15.4 Å². The molecule has 4 rings (SSSR count). The Hall–Kier alpha value is -2.18. The second-order valence-corrected chi connectivity index (χ2v) is 7.07. The number of ether oxygens (including phenoxy) is 1. The molecule has 2 aromatic carbocycles. The maximum Gasteiger partial charge on any atom is 0.387 e. The molecule has 1 amide bonds. The molecular formula is C21H23ClF2N2O2. The molecule has 3 unspecified atom stereocenters. The third-order valence-electron chi connectivity index (χ3n) is 5.36. The molecule has 7 heteroatoms. The van der Waals surface area contributed by atoms with Crippen LogP contribution in [-0.4, -0.2) is 25.6 Å². The molecule has 0 radical (unpaired) electrons. The summed E-state index contributed by atoms with van der Waals surface area (Å²) in [6.07, 6.45) is 1.65. The Morgan fingerprint density at radius 1 is 1.14 bits per heavy atom. The summed E-state index contributed by atoms with van der Waals surface area (Å²) >= 11 is 0. The topological polar surface area (TPSA) is 50.4 Å². The fourth-order valence-corrected chi connectivity index (χ4v) is 3.93. The molecule has 1 heterocycles. The minimum atomic E-state index is -2.87. The Morgan fingerprint density at radius 3 is 2.64 bits per heavy atom. The molecule has 0 aromatic heterocycles. The Kier molecular flexibility index (Phi) is 6.52. The first-order valence-electron chi connectivity index (χ1n) is 9.26. The number of fused-ring (bicyclic) bond motifs is 1. The van der Waals surface area contributed by atoms with Crippen molar-refractivity contribution in [3.8, 4) is 5.75 Å². The Balaban J connectivity index is 0.00000225. The summed E-state index contributed by atoms with van der Waals surface area (Å²) in [5.74, 6) is -0.120. The highest BCUT2D eigenvalue weighted by Crippen LogP contribution is 2.50. The Labute approximate surface area is 169 Å². The van der Waals surface area contributed by atoms with Crippen molar-refractivity contribution in [2.45, 2.75) is 31.4 Å². The van der Waals surface area contributed by atoms with Gasteiger partial charge >= 0.3 is 6.61 Å². The molecule has 2 N–H and O–H groups in total. The third kappa shape index (κ3) is 4.45. The van der Waals surface area contributed by atoms with Crippen LogP contribution in [0.5, 0.6) is 5.75 Å². The summed E-state index contributed by atoms with van der Waals surface area (Å²) in [6, 6.07) is 15.1. The lowest BCUT2D eigenvalue weighted by Crippen LogP contribution is -2.39. The van der Waals surface area contributed by atoms with E-state index < -0.39 is 6.61 Å². The van der Waals surface area contributed by atoms with Crippen LogP contribution in [0.25, 0.3) is 0 Å². The lowest BCUT2D eigenvalue weighted by molar-refractivity contribution is -0.122. The highest BCUT2D eigenvalue weighted by atomic mass is 35.5. The van der Waals surface area contributed by atoms with E-state index in [9.17, 15) is 13.6 Å². The second-order valence-electron chi connectivity index (χ2n) is 7.07. The second kappa shape index (κ2) is 8.88. The van der Waals surface area contributed by atoms with Gasteiger partial charge in [-0.05, 0) is 48.1 Å². The van der Waals surface area contributed by atoms with Crippen molar-refractivity contribution in [3.63, 3.8) is 0 Å². The minimum absolute atomic E-state index is 0. The predicted octanol–water partition coefficient (Wildman–Crippen LogP) is 3.82. The van der Waals surface area contributed by atoms with E-state index in [-0.39, 0.29) is 41.9 Å². The highest BCUT2D eigenvalue weighted by Gasteiger charge is 2.45. The number of hydrogen-bond donors (Lipinski definition) is 2. The van der Waals surface area contributed by atoms with Gasteiger partial charge in [0.15, 0.2) is 0 Å². The zero-order chi connectivity index (χ0) is 18.8. The van der Waals surface area contributed by atoms with Gasteiger partial charge in [0.25, 0.3) is 0 Å². The molecule has 28 heavy (non-hydrogen) atoms. The van der Waals surface area contributed by atoms with E-state index in [1.165, 1.54) is 17.2 Å². The Bertz CT molecular complexity index is 834. The van der Waals surface area contributed by atoms with Crippen molar-refractivity contribution in [1.29, 1.82) is 0 Å². The molecule has 0 saturated heterocycles. The number of nitrogens with one attached hydrogen (secondary N) is 2. The first kappa shape index (κ1) is 20.6. The van der Waals surface area contributed by atoms with Gasteiger partial charge in [0.2, 0.25) is 5.91 Å². The van der Waals surface area contributed by atoms with Gasteiger partial charge in [0.05, 0.1) is 0 Å². The van der Waals surface area contributed by atoms with Crippen LogP contribution >= 0.6 is 12.4 Å². The van der Waals surface area contributed by atoms with Crippen LogP contribution in [0.3, 0.4) is 0 Å². The average molecular weight is 409 g/mol. The smallest absolute Gasteiger partial charge is 0.387 e. The number of para-hydroxylation sites is 1. The molecule has 150 valence electrons. The summed E-state index contributed by atoms with van der Waals surface area (Å²) in [4.78, 5) is 12.5. The molecule has 0 bridgehead atoms. The van der Waals surface area contributed by atoms with Crippen molar-refractivity contribution in [2.24, 2.45) is 5.92 Å². The maximum absolute atomic E-state index is 12.6. The van der Waals surface area contributed by atoms with Gasteiger partial charge in [-0.2, -0.15) is 8.78 Å². The van der Waals surface area contributed by atoms with E-state index in [0.717, 1.165) is 13.0 Å². The van der Waals surface area contributed by atoms with Gasteiger partial charge in [0, 0.05) is 18.5 Å². The van der Waals surface area contributed by atoms with Crippen molar-refractivity contribution in [1.82, 2.24) is 10.6 Å². The van der Waals surface area contributed by atoms with Crippen LogP contribution in [0, 0.1) is 5.92 Å². The fourth-order valence-electron chi connectivity index (χ4n) is 3.93. The maximum atomic E-state index is 12.6. The lowest BCUT2D eigenvalue weighted by Gasteiger charge is -2.27.